The van der Waals surface area contributed by atoms with E-state index in [0.717, 1.165) is 51.4 Å². The third kappa shape index (κ3) is 6.63. The first-order valence-corrected chi connectivity index (χ1v) is 22.9. The first kappa shape index (κ1) is 40.4. The van der Waals surface area contributed by atoms with Gasteiger partial charge in [-0.15, -0.1) is 0 Å². The molecule has 0 radical (unpaired) electrons. The Balaban J connectivity index is 0.966. The van der Waals surface area contributed by atoms with Crippen molar-refractivity contribution < 1.29 is 32.3 Å². The van der Waals surface area contributed by atoms with Gasteiger partial charge < -0.3 is 34.6 Å². The number of carbonyl (C=O) groups is 3. The lowest BCUT2D eigenvalue weighted by Crippen LogP contribution is -2.53. The van der Waals surface area contributed by atoms with Gasteiger partial charge in [-0.1, -0.05) is 57.9 Å². The second-order valence-corrected chi connectivity index (χ2v) is 19.8. The molecule has 2 saturated heterocycles. The van der Waals surface area contributed by atoms with Gasteiger partial charge in [0.2, 0.25) is 21.7 Å². The Hall–Kier alpha value is -5.02. The molecule has 2 aliphatic carbocycles. The maximum Gasteiger partial charge on any atom is 0.407 e. The van der Waals surface area contributed by atoms with E-state index >= 15 is 0 Å². The average molecular weight is 838 g/mol. The van der Waals surface area contributed by atoms with Crippen molar-refractivity contribution in [2.24, 2.45) is 23.7 Å². The molecule has 3 N–H and O–H groups in total. The number of H-pyrrole nitrogens is 2. The Morgan fingerprint density at radius 1 is 0.750 bits per heavy atom. The summed E-state index contributed by atoms with van der Waals surface area (Å²) in [5.41, 5.74) is 3.98. The lowest BCUT2D eigenvalue weighted by atomic mass is 10.0. The molecule has 318 valence electrons. The molecule has 0 spiro atoms. The molecule has 0 bridgehead atoms. The van der Waals surface area contributed by atoms with Crippen LogP contribution in [0.2, 0.25) is 0 Å². The number of amides is 3. The van der Waals surface area contributed by atoms with E-state index in [0.29, 0.717) is 57.1 Å². The van der Waals surface area contributed by atoms with Gasteiger partial charge in [-0.05, 0) is 75.3 Å². The van der Waals surface area contributed by atoms with Crippen LogP contribution >= 0.6 is 0 Å². The van der Waals surface area contributed by atoms with Crippen molar-refractivity contribution >= 4 is 27.7 Å². The fourth-order valence-corrected chi connectivity index (χ4v) is 12.6. The van der Waals surface area contributed by atoms with Gasteiger partial charge in [0.05, 0.1) is 64.8 Å². The number of ether oxygens (including phenoxy) is 2. The molecule has 15 heteroatoms. The zero-order valence-corrected chi connectivity index (χ0v) is 35.9. The Morgan fingerprint density at radius 3 is 1.72 bits per heavy atom. The summed E-state index contributed by atoms with van der Waals surface area (Å²) in [5, 5.41) is 2.75. The fourth-order valence-electron chi connectivity index (χ4n) is 10.9. The van der Waals surface area contributed by atoms with E-state index in [4.69, 9.17) is 19.4 Å². The van der Waals surface area contributed by atoms with Gasteiger partial charge in [0.1, 0.15) is 17.7 Å². The maximum absolute atomic E-state index is 14.3. The summed E-state index contributed by atoms with van der Waals surface area (Å²) < 4.78 is 39.0. The van der Waals surface area contributed by atoms with Crippen molar-refractivity contribution in [1.82, 2.24) is 35.1 Å². The van der Waals surface area contributed by atoms with Crippen LogP contribution < -0.4 is 5.32 Å². The number of aromatic amines is 2. The lowest BCUT2D eigenvalue weighted by Gasteiger charge is -2.33. The van der Waals surface area contributed by atoms with Crippen molar-refractivity contribution in [2.75, 3.05) is 14.2 Å². The first-order valence-electron chi connectivity index (χ1n) is 21.5. The van der Waals surface area contributed by atoms with Crippen molar-refractivity contribution in [3.63, 3.8) is 0 Å². The molecule has 3 aliphatic heterocycles. The molecule has 5 heterocycles. The van der Waals surface area contributed by atoms with Crippen molar-refractivity contribution in [3.05, 3.63) is 60.4 Å². The monoisotopic (exact) mass is 837 g/mol. The van der Waals surface area contributed by atoms with Crippen molar-refractivity contribution in [2.45, 2.75) is 125 Å². The molecule has 9 atom stereocenters. The number of benzene rings is 2. The average Bonchev–Trinajstić information content (AvgIpc) is 4.10. The highest BCUT2D eigenvalue weighted by Crippen LogP contribution is 2.50. The molecule has 2 aromatic carbocycles. The van der Waals surface area contributed by atoms with E-state index in [1.54, 1.807) is 31.6 Å². The number of alkyl carbamates (subject to hydrolysis) is 1. The van der Waals surface area contributed by atoms with Gasteiger partial charge >= 0.3 is 6.09 Å². The van der Waals surface area contributed by atoms with Crippen molar-refractivity contribution in [3.8, 4) is 33.6 Å². The van der Waals surface area contributed by atoms with E-state index in [1.165, 1.54) is 7.11 Å². The maximum atomic E-state index is 14.3. The van der Waals surface area contributed by atoms with E-state index < -0.39 is 22.0 Å². The number of fused-ring (bicyclic) bond motifs is 5. The summed E-state index contributed by atoms with van der Waals surface area (Å²) in [6.45, 7) is 7.66. The Kier molecular flexibility index (Phi) is 10.4. The van der Waals surface area contributed by atoms with E-state index in [-0.39, 0.29) is 63.7 Å². The van der Waals surface area contributed by atoms with E-state index in [2.05, 4.69) is 15.3 Å². The van der Waals surface area contributed by atoms with Crippen LogP contribution in [0.25, 0.3) is 33.6 Å². The van der Waals surface area contributed by atoms with Crippen molar-refractivity contribution in [1.29, 1.82) is 0 Å². The van der Waals surface area contributed by atoms with Crippen LogP contribution in [0.1, 0.15) is 103 Å². The molecule has 2 saturated carbocycles. The van der Waals surface area contributed by atoms with Gasteiger partial charge in [0.25, 0.3) is 0 Å². The number of nitrogens with zero attached hydrogens (tertiary/aromatic N) is 4. The lowest BCUT2D eigenvalue weighted by molar-refractivity contribution is -0.142. The van der Waals surface area contributed by atoms with Crippen LogP contribution in [-0.4, -0.2) is 94.5 Å². The number of likely N-dealkylation sites (tertiary alicyclic amines) is 2. The third-order valence-corrected chi connectivity index (χ3v) is 16.2. The minimum atomic E-state index is -3.89. The number of imidazole rings is 2. The Bertz CT molecular complexity index is 2440. The van der Waals surface area contributed by atoms with Gasteiger partial charge in [0, 0.05) is 41.4 Å². The predicted octanol–water partition coefficient (Wildman–Crippen LogP) is 7.22. The highest BCUT2D eigenvalue weighted by atomic mass is 32.2. The molecule has 4 aromatic rings. The smallest absolute Gasteiger partial charge is 0.407 e. The van der Waals surface area contributed by atoms with Gasteiger partial charge in [-0.2, -0.15) is 0 Å². The topological polar surface area (TPSA) is 180 Å². The zero-order chi connectivity index (χ0) is 42.2. The minimum absolute atomic E-state index is 0.0544. The normalized spacial score (nSPS) is 26.4. The van der Waals surface area contributed by atoms with Crippen LogP contribution in [0, 0.1) is 23.7 Å². The van der Waals surface area contributed by atoms with E-state index in [9.17, 15) is 22.8 Å². The zero-order valence-electron chi connectivity index (χ0n) is 35.1. The van der Waals surface area contributed by atoms with Crippen LogP contribution in [0.5, 0.6) is 0 Å². The SMILES string of the molecule is COC(=O)N[C@H](C(=O)N1[C@H](c2ncc(-c3ccc4c(c3)S(=O)(=O)c3cc(-c5cnc([C@@H]6C[C@H]7CCC[C@H]7N6C(=O)[C@@H](C)[C@@H](C)OC)[nH]5)ccc3-4)[nH]2)C[C@@H]2CCC[C@@H]21)C(C)C. The molecule has 0 unspecified atom stereocenters. The number of hydrogen-bond acceptors (Lipinski definition) is 9. The molecule has 2 aromatic heterocycles. The summed E-state index contributed by atoms with van der Waals surface area (Å²) >= 11 is 0. The number of methoxy groups -OCH3 is 2. The Morgan fingerprint density at radius 2 is 1.25 bits per heavy atom. The number of nitrogens with one attached hydrogen (secondary N) is 3. The number of aromatic nitrogens is 4. The molecule has 3 amide bonds. The summed E-state index contributed by atoms with van der Waals surface area (Å²) in [5.74, 6) is 1.59. The molecule has 9 rings (SSSR count). The van der Waals surface area contributed by atoms with Crippen LogP contribution in [0.15, 0.2) is 58.6 Å². The largest absolute Gasteiger partial charge is 0.453 e. The number of hydrogen-bond donors (Lipinski definition) is 3. The summed E-state index contributed by atoms with van der Waals surface area (Å²) in [4.78, 5) is 61.2. The molecular formula is C45H55N7O7S. The number of carbonyl (C=O) groups excluding carboxylic acids is 3. The first-order chi connectivity index (χ1) is 28.8. The summed E-state index contributed by atoms with van der Waals surface area (Å²) in [7, 11) is -0.966. The molecule has 14 nitrogen and oxygen atoms in total. The fraction of sp³-hybridized carbons (Fsp3) is 0.533. The van der Waals surface area contributed by atoms with Gasteiger partial charge in [-0.25, -0.2) is 23.2 Å². The summed E-state index contributed by atoms with van der Waals surface area (Å²) in [6.07, 6.45) is 10.3. The molecular weight excluding hydrogens is 783 g/mol. The second kappa shape index (κ2) is 15.5. The number of sulfone groups is 1. The molecule has 5 aliphatic rings. The number of rotatable bonds is 10. The van der Waals surface area contributed by atoms with Gasteiger partial charge in [0.15, 0.2) is 0 Å². The quantitative estimate of drug-likeness (QED) is 0.131. The minimum Gasteiger partial charge on any atom is -0.453 e. The second-order valence-electron chi connectivity index (χ2n) is 17.9. The highest BCUT2D eigenvalue weighted by molar-refractivity contribution is 7.92. The predicted molar refractivity (Wildman–Crippen MR) is 223 cm³/mol. The van der Waals surface area contributed by atoms with Crippen LogP contribution in [0.4, 0.5) is 4.79 Å². The molecule has 60 heavy (non-hydrogen) atoms. The molecule has 4 fully saturated rings. The van der Waals surface area contributed by atoms with E-state index in [1.807, 2.05) is 61.8 Å². The van der Waals surface area contributed by atoms with Crippen LogP contribution in [0.3, 0.4) is 0 Å². The third-order valence-electron chi connectivity index (χ3n) is 14.3. The summed E-state index contributed by atoms with van der Waals surface area (Å²) in [6, 6.07) is 9.92. The highest BCUT2D eigenvalue weighted by Gasteiger charge is 2.50. The van der Waals surface area contributed by atoms with Crippen LogP contribution in [-0.2, 0) is 28.9 Å². The standard InChI is InChI=1S/C45H55N7O7S/c1-23(2)40(50-45(55)59-6)44(54)52-35-12-8-10-29(35)18-37(52)42-47-22-33(49-42)27-14-16-31-30-15-13-26(19-38(30)60(56,57)39(31)20-27)32-21-46-41(48-32)36-17-28-9-7-11-34(28)51(36)43(53)24(3)25(4)58-5/h13-16,19-25,28-29,34-37,40H,7-12,17-18H2,1-6H3,(H,46,48)(H,47,49)(H,50,55)/t24-,25+,28+,29-,34+,35-,36-,37-,40-/m0/s1. The van der Waals surface area contributed by atoms with Gasteiger partial charge in [-0.3, -0.25) is 9.59 Å². The Labute approximate surface area is 351 Å².